The molecule has 0 amide bonds. The Hall–Kier alpha value is -1.51. The Morgan fingerprint density at radius 2 is 2.18 bits per heavy atom. The third-order valence-electron chi connectivity index (χ3n) is 3.40. The van der Waals surface area contributed by atoms with Gasteiger partial charge in [0.15, 0.2) is 0 Å². The number of rotatable bonds is 6. The highest BCUT2D eigenvalue weighted by Crippen LogP contribution is 2.41. The van der Waals surface area contributed by atoms with Crippen LogP contribution in [0, 0.1) is 11.8 Å². The monoisotopic (exact) mass is 234 g/mol. The van der Waals surface area contributed by atoms with E-state index in [9.17, 15) is 4.79 Å². The molecule has 1 unspecified atom stereocenters. The van der Waals surface area contributed by atoms with Gasteiger partial charge in [-0.2, -0.15) is 0 Å². The van der Waals surface area contributed by atoms with Crippen molar-refractivity contribution in [2.45, 2.75) is 25.7 Å². The first-order valence-electron chi connectivity index (χ1n) is 6.04. The van der Waals surface area contributed by atoms with Crippen molar-refractivity contribution in [2.24, 2.45) is 11.8 Å². The van der Waals surface area contributed by atoms with E-state index in [1.165, 1.54) is 12.8 Å². The molecular weight excluding hydrogens is 216 g/mol. The van der Waals surface area contributed by atoms with Crippen LogP contribution in [-0.4, -0.2) is 18.2 Å². The molecule has 0 aliphatic heterocycles. The lowest BCUT2D eigenvalue weighted by Gasteiger charge is -2.15. The molecule has 17 heavy (non-hydrogen) atoms. The van der Waals surface area contributed by atoms with Crippen LogP contribution < -0.4 is 4.74 Å². The number of carboxylic acids is 1. The van der Waals surface area contributed by atoms with Crippen LogP contribution in [0.15, 0.2) is 24.3 Å². The van der Waals surface area contributed by atoms with Gasteiger partial charge in [0, 0.05) is 6.42 Å². The lowest BCUT2D eigenvalue weighted by molar-refractivity contribution is -0.138. The van der Waals surface area contributed by atoms with Gasteiger partial charge in [0.2, 0.25) is 0 Å². The molecule has 92 valence electrons. The summed E-state index contributed by atoms with van der Waals surface area (Å²) in [7, 11) is 1.65. The minimum Gasteiger partial charge on any atom is -0.496 e. The van der Waals surface area contributed by atoms with Gasteiger partial charge in [-0.25, -0.2) is 0 Å². The number of benzene rings is 1. The first-order chi connectivity index (χ1) is 8.20. The van der Waals surface area contributed by atoms with Gasteiger partial charge in [0.1, 0.15) is 5.75 Å². The topological polar surface area (TPSA) is 46.5 Å². The normalized spacial score (nSPS) is 16.5. The predicted octanol–water partition coefficient (Wildman–Crippen LogP) is 2.74. The molecule has 0 saturated heterocycles. The van der Waals surface area contributed by atoms with Gasteiger partial charge in [-0.1, -0.05) is 18.2 Å². The van der Waals surface area contributed by atoms with E-state index in [0.717, 1.165) is 17.7 Å². The number of hydrogen-bond donors (Lipinski definition) is 1. The van der Waals surface area contributed by atoms with Crippen molar-refractivity contribution in [2.75, 3.05) is 7.11 Å². The molecule has 0 spiro atoms. The van der Waals surface area contributed by atoms with Crippen molar-refractivity contribution >= 4 is 5.97 Å². The zero-order chi connectivity index (χ0) is 12.3. The standard InChI is InChI=1S/C14H18O3/c1-17-13-5-3-2-4-11(13)8-12(9-14(15)16)10-6-7-10/h2-5,10,12H,6-9H2,1H3,(H,15,16). The summed E-state index contributed by atoms with van der Waals surface area (Å²) in [6.07, 6.45) is 3.42. The van der Waals surface area contributed by atoms with Crippen LogP contribution in [0.1, 0.15) is 24.8 Å². The van der Waals surface area contributed by atoms with Gasteiger partial charge in [-0.05, 0) is 42.7 Å². The molecule has 1 N–H and O–H groups in total. The van der Waals surface area contributed by atoms with Crippen molar-refractivity contribution in [3.8, 4) is 5.75 Å². The van der Waals surface area contributed by atoms with E-state index in [1.807, 2.05) is 24.3 Å². The Morgan fingerprint density at radius 3 is 2.76 bits per heavy atom. The van der Waals surface area contributed by atoms with E-state index in [-0.39, 0.29) is 12.3 Å². The summed E-state index contributed by atoms with van der Waals surface area (Å²) in [5, 5.41) is 8.93. The first kappa shape index (κ1) is 12.0. The predicted molar refractivity (Wildman–Crippen MR) is 65.2 cm³/mol. The van der Waals surface area contributed by atoms with Crippen molar-refractivity contribution in [1.82, 2.24) is 0 Å². The second-order valence-corrected chi connectivity index (χ2v) is 4.71. The summed E-state index contributed by atoms with van der Waals surface area (Å²) < 4.78 is 5.30. The fraction of sp³-hybridized carbons (Fsp3) is 0.500. The average molecular weight is 234 g/mol. The van der Waals surface area contributed by atoms with Crippen LogP contribution in [0.5, 0.6) is 5.75 Å². The summed E-state index contributed by atoms with van der Waals surface area (Å²) in [4.78, 5) is 10.9. The van der Waals surface area contributed by atoms with Crippen molar-refractivity contribution < 1.29 is 14.6 Å². The number of carboxylic acid groups (broad SMARTS) is 1. The smallest absolute Gasteiger partial charge is 0.303 e. The maximum atomic E-state index is 10.9. The molecular formula is C14H18O3. The Balaban J connectivity index is 2.08. The summed E-state index contributed by atoms with van der Waals surface area (Å²) in [5.41, 5.74) is 1.12. The molecule has 1 fully saturated rings. The highest BCUT2D eigenvalue weighted by Gasteiger charge is 2.33. The third kappa shape index (κ3) is 3.22. The molecule has 1 aromatic rings. The maximum absolute atomic E-state index is 10.9. The third-order valence-corrected chi connectivity index (χ3v) is 3.40. The van der Waals surface area contributed by atoms with Crippen molar-refractivity contribution in [3.05, 3.63) is 29.8 Å². The van der Waals surface area contributed by atoms with Crippen molar-refractivity contribution in [1.29, 1.82) is 0 Å². The zero-order valence-corrected chi connectivity index (χ0v) is 10.1. The molecule has 1 aliphatic rings. The summed E-state index contributed by atoms with van der Waals surface area (Å²) in [6, 6.07) is 7.87. The number of para-hydroxylation sites is 1. The number of methoxy groups -OCH3 is 1. The number of ether oxygens (including phenoxy) is 1. The molecule has 0 aromatic heterocycles. The molecule has 0 bridgehead atoms. The fourth-order valence-electron chi connectivity index (χ4n) is 2.35. The summed E-state index contributed by atoms with van der Waals surface area (Å²) >= 11 is 0. The largest absolute Gasteiger partial charge is 0.496 e. The Kier molecular flexibility index (Phi) is 3.67. The van der Waals surface area contributed by atoms with Crippen LogP contribution in [-0.2, 0) is 11.2 Å². The summed E-state index contributed by atoms with van der Waals surface area (Å²) in [5.74, 6) is 1.01. The Labute approximate surface area is 101 Å². The molecule has 0 heterocycles. The SMILES string of the molecule is COc1ccccc1CC(CC(=O)O)C1CC1. The van der Waals surface area contributed by atoms with Crippen LogP contribution in [0.2, 0.25) is 0 Å². The van der Waals surface area contributed by atoms with E-state index >= 15 is 0 Å². The first-order valence-corrected chi connectivity index (χ1v) is 6.04. The van der Waals surface area contributed by atoms with Gasteiger partial charge < -0.3 is 9.84 Å². The van der Waals surface area contributed by atoms with E-state index in [4.69, 9.17) is 9.84 Å². The van der Waals surface area contributed by atoms with E-state index < -0.39 is 5.97 Å². The molecule has 1 saturated carbocycles. The lowest BCUT2D eigenvalue weighted by atomic mass is 9.91. The maximum Gasteiger partial charge on any atom is 0.303 e. The van der Waals surface area contributed by atoms with Gasteiger partial charge in [0.05, 0.1) is 7.11 Å². The highest BCUT2D eigenvalue weighted by molar-refractivity contribution is 5.67. The molecule has 2 rings (SSSR count). The second-order valence-electron chi connectivity index (χ2n) is 4.71. The second kappa shape index (κ2) is 5.21. The van der Waals surface area contributed by atoms with Crippen LogP contribution >= 0.6 is 0 Å². The van der Waals surface area contributed by atoms with E-state index in [1.54, 1.807) is 7.11 Å². The molecule has 0 radical (unpaired) electrons. The van der Waals surface area contributed by atoms with Crippen molar-refractivity contribution in [3.63, 3.8) is 0 Å². The number of carbonyl (C=O) groups is 1. The Bertz CT molecular complexity index is 396. The minimum absolute atomic E-state index is 0.254. The van der Waals surface area contributed by atoms with Gasteiger partial charge in [-0.3, -0.25) is 4.79 Å². The van der Waals surface area contributed by atoms with Gasteiger partial charge >= 0.3 is 5.97 Å². The van der Waals surface area contributed by atoms with E-state index in [2.05, 4.69) is 0 Å². The molecule has 3 heteroatoms. The average Bonchev–Trinajstić information content (AvgIpc) is 3.12. The van der Waals surface area contributed by atoms with Crippen LogP contribution in [0.25, 0.3) is 0 Å². The Morgan fingerprint density at radius 1 is 1.47 bits per heavy atom. The van der Waals surface area contributed by atoms with Gasteiger partial charge in [-0.15, -0.1) is 0 Å². The van der Waals surface area contributed by atoms with E-state index in [0.29, 0.717) is 5.92 Å². The quantitative estimate of drug-likeness (QED) is 0.823. The molecule has 1 aliphatic carbocycles. The number of aliphatic carboxylic acids is 1. The molecule has 3 nitrogen and oxygen atoms in total. The van der Waals surface area contributed by atoms with Gasteiger partial charge in [0.25, 0.3) is 0 Å². The minimum atomic E-state index is -0.697. The highest BCUT2D eigenvalue weighted by atomic mass is 16.5. The summed E-state index contributed by atoms with van der Waals surface area (Å²) in [6.45, 7) is 0. The zero-order valence-electron chi connectivity index (χ0n) is 10.1. The molecule has 1 aromatic carbocycles. The van der Waals surface area contributed by atoms with Crippen LogP contribution in [0.3, 0.4) is 0 Å². The van der Waals surface area contributed by atoms with Crippen LogP contribution in [0.4, 0.5) is 0 Å². The fourth-order valence-corrected chi connectivity index (χ4v) is 2.35. The lowest BCUT2D eigenvalue weighted by Crippen LogP contribution is -2.13. The molecule has 1 atom stereocenters. The number of hydrogen-bond acceptors (Lipinski definition) is 2.